The Bertz CT molecular complexity index is 180. The Morgan fingerprint density at radius 2 is 2.08 bits per heavy atom. The van der Waals surface area contributed by atoms with Gasteiger partial charge in [0.1, 0.15) is 0 Å². The second kappa shape index (κ2) is 6.46. The van der Waals surface area contributed by atoms with E-state index in [0.717, 1.165) is 12.8 Å². The van der Waals surface area contributed by atoms with E-state index < -0.39 is 12.1 Å². The van der Waals surface area contributed by atoms with Gasteiger partial charge in [0.05, 0.1) is 0 Å². The molecule has 0 aliphatic rings. The molecule has 76 valence electrons. The van der Waals surface area contributed by atoms with Crippen molar-refractivity contribution in [3.63, 3.8) is 0 Å². The summed E-state index contributed by atoms with van der Waals surface area (Å²) in [5, 5.41) is 2.67. The van der Waals surface area contributed by atoms with Crippen molar-refractivity contribution >= 4 is 11.9 Å². The predicted molar refractivity (Wildman–Crippen MR) is 49.1 cm³/mol. The van der Waals surface area contributed by atoms with Crippen molar-refractivity contribution in [2.75, 3.05) is 6.54 Å². The summed E-state index contributed by atoms with van der Waals surface area (Å²) in [4.78, 5) is 21.7. The molecule has 0 aliphatic heterocycles. The fourth-order valence-electron chi connectivity index (χ4n) is 0.835. The first-order valence-corrected chi connectivity index (χ1v) is 4.52. The Kier molecular flexibility index (Phi) is 5.93. The van der Waals surface area contributed by atoms with E-state index in [4.69, 9.17) is 4.74 Å². The van der Waals surface area contributed by atoms with Crippen LogP contribution in [0.1, 0.15) is 33.6 Å². The zero-order valence-electron chi connectivity index (χ0n) is 8.42. The molecular weight excluding hydrogens is 170 g/mol. The van der Waals surface area contributed by atoms with Gasteiger partial charge in [-0.05, 0) is 13.3 Å². The maximum atomic E-state index is 11.2. The van der Waals surface area contributed by atoms with Crippen LogP contribution >= 0.6 is 0 Å². The molecule has 0 radical (unpaired) electrons. The lowest BCUT2D eigenvalue weighted by molar-refractivity contribution is -0.152. The summed E-state index contributed by atoms with van der Waals surface area (Å²) in [5.41, 5.74) is 0. The Hall–Kier alpha value is -1.06. The number of esters is 1. The molecule has 0 fully saturated rings. The molecular formula is C9H17NO3. The second-order valence-corrected chi connectivity index (χ2v) is 2.90. The van der Waals surface area contributed by atoms with E-state index in [1.54, 1.807) is 6.92 Å². The number of amides is 1. The summed E-state index contributed by atoms with van der Waals surface area (Å²) >= 11 is 0. The van der Waals surface area contributed by atoms with Crippen LogP contribution in [0.3, 0.4) is 0 Å². The van der Waals surface area contributed by atoms with E-state index >= 15 is 0 Å². The first-order chi connectivity index (χ1) is 6.07. The minimum Gasteiger partial charge on any atom is -0.453 e. The van der Waals surface area contributed by atoms with Crippen LogP contribution in [0.5, 0.6) is 0 Å². The Labute approximate surface area is 78.6 Å². The van der Waals surface area contributed by atoms with Crippen LogP contribution in [0, 0.1) is 0 Å². The Morgan fingerprint density at radius 1 is 1.46 bits per heavy atom. The van der Waals surface area contributed by atoms with Gasteiger partial charge in [-0.15, -0.1) is 0 Å². The number of carbonyl (C=O) groups excluding carboxylic acids is 2. The molecule has 0 heterocycles. The molecule has 1 atom stereocenters. The van der Waals surface area contributed by atoms with Crippen molar-refractivity contribution in [3.05, 3.63) is 0 Å². The molecule has 0 aromatic heterocycles. The highest BCUT2D eigenvalue weighted by Crippen LogP contribution is 1.92. The maximum absolute atomic E-state index is 11.2. The summed E-state index contributed by atoms with van der Waals surface area (Å²) in [6, 6.07) is 0. The van der Waals surface area contributed by atoms with Crippen molar-refractivity contribution in [2.24, 2.45) is 0 Å². The zero-order chi connectivity index (χ0) is 10.3. The fourth-order valence-corrected chi connectivity index (χ4v) is 0.835. The summed E-state index contributed by atoms with van der Waals surface area (Å²) in [7, 11) is 0. The van der Waals surface area contributed by atoms with Gasteiger partial charge in [-0.25, -0.2) is 0 Å². The first kappa shape index (κ1) is 11.9. The third kappa shape index (κ3) is 6.13. The number of nitrogens with one attached hydrogen (secondary N) is 1. The summed E-state index contributed by atoms with van der Waals surface area (Å²) < 4.78 is 4.69. The normalized spacial score (nSPS) is 11.9. The highest BCUT2D eigenvalue weighted by Gasteiger charge is 2.14. The number of rotatable bonds is 5. The van der Waals surface area contributed by atoms with E-state index in [9.17, 15) is 9.59 Å². The monoisotopic (exact) mass is 187 g/mol. The van der Waals surface area contributed by atoms with Gasteiger partial charge in [0.15, 0.2) is 6.10 Å². The number of hydrogen-bond donors (Lipinski definition) is 1. The topological polar surface area (TPSA) is 55.4 Å². The largest absolute Gasteiger partial charge is 0.453 e. The number of ether oxygens (including phenoxy) is 1. The standard InChI is InChI=1S/C9H17NO3/c1-4-5-6-10-9(12)7(2)13-8(3)11/h7H,4-6H2,1-3H3,(H,10,12)/t7-/m1/s1. The number of unbranched alkanes of at least 4 members (excludes halogenated alkanes) is 1. The van der Waals surface area contributed by atoms with Gasteiger partial charge in [-0.1, -0.05) is 13.3 Å². The van der Waals surface area contributed by atoms with Crippen molar-refractivity contribution in [1.82, 2.24) is 5.32 Å². The van der Waals surface area contributed by atoms with E-state index in [2.05, 4.69) is 5.32 Å². The lowest BCUT2D eigenvalue weighted by Crippen LogP contribution is -2.35. The van der Waals surface area contributed by atoms with Crippen molar-refractivity contribution in [3.8, 4) is 0 Å². The maximum Gasteiger partial charge on any atom is 0.303 e. The van der Waals surface area contributed by atoms with E-state index in [1.165, 1.54) is 6.92 Å². The van der Waals surface area contributed by atoms with Crippen molar-refractivity contribution in [2.45, 2.75) is 39.7 Å². The van der Waals surface area contributed by atoms with Crippen LogP contribution in [0.25, 0.3) is 0 Å². The molecule has 1 N–H and O–H groups in total. The average Bonchev–Trinajstić information content (AvgIpc) is 2.03. The summed E-state index contributed by atoms with van der Waals surface area (Å²) in [6.45, 7) is 5.53. The first-order valence-electron chi connectivity index (χ1n) is 4.52. The highest BCUT2D eigenvalue weighted by atomic mass is 16.5. The van der Waals surface area contributed by atoms with Crippen LogP contribution < -0.4 is 5.32 Å². The smallest absolute Gasteiger partial charge is 0.303 e. The summed E-state index contributed by atoms with van der Waals surface area (Å²) in [5.74, 6) is -0.665. The fraction of sp³-hybridized carbons (Fsp3) is 0.778. The van der Waals surface area contributed by atoms with E-state index in [1.807, 2.05) is 6.92 Å². The van der Waals surface area contributed by atoms with Crippen LogP contribution in [-0.4, -0.2) is 24.5 Å². The predicted octanol–water partition coefficient (Wildman–Crippen LogP) is 0.854. The molecule has 0 aliphatic carbocycles. The summed E-state index contributed by atoms with van der Waals surface area (Å²) in [6.07, 6.45) is 1.29. The quantitative estimate of drug-likeness (QED) is 0.513. The number of carbonyl (C=O) groups is 2. The van der Waals surface area contributed by atoms with Crippen LogP contribution in [-0.2, 0) is 14.3 Å². The molecule has 0 saturated carbocycles. The second-order valence-electron chi connectivity index (χ2n) is 2.90. The van der Waals surface area contributed by atoms with Gasteiger partial charge in [0.25, 0.3) is 5.91 Å². The zero-order valence-corrected chi connectivity index (χ0v) is 8.42. The van der Waals surface area contributed by atoms with Gasteiger partial charge < -0.3 is 10.1 Å². The molecule has 4 heteroatoms. The lowest BCUT2D eigenvalue weighted by Gasteiger charge is -2.11. The van der Waals surface area contributed by atoms with Crippen LogP contribution in [0.4, 0.5) is 0 Å². The minimum absolute atomic E-state index is 0.233. The molecule has 4 nitrogen and oxygen atoms in total. The Balaban J connectivity index is 3.63. The van der Waals surface area contributed by atoms with Gasteiger partial charge >= 0.3 is 5.97 Å². The molecule has 13 heavy (non-hydrogen) atoms. The van der Waals surface area contributed by atoms with Gasteiger partial charge in [-0.2, -0.15) is 0 Å². The van der Waals surface area contributed by atoms with E-state index in [0.29, 0.717) is 6.54 Å². The van der Waals surface area contributed by atoms with Crippen LogP contribution in [0.15, 0.2) is 0 Å². The third-order valence-electron chi connectivity index (χ3n) is 1.54. The van der Waals surface area contributed by atoms with Crippen molar-refractivity contribution < 1.29 is 14.3 Å². The van der Waals surface area contributed by atoms with Gasteiger partial charge in [0.2, 0.25) is 0 Å². The highest BCUT2D eigenvalue weighted by molar-refractivity contribution is 5.82. The molecule has 0 spiro atoms. The van der Waals surface area contributed by atoms with Gasteiger partial charge in [-0.3, -0.25) is 9.59 Å². The molecule has 0 rings (SSSR count). The molecule has 1 amide bonds. The molecule has 0 unspecified atom stereocenters. The molecule has 0 aromatic carbocycles. The molecule has 0 aromatic rings. The molecule has 0 saturated heterocycles. The van der Waals surface area contributed by atoms with Crippen molar-refractivity contribution in [1.29, 1.82) is 0 Å². The molecule has 0 bridgehead atoms. The third-order valence-corrected chi connectivity index (χ3v) is 1.54. The lowest BCUT2D eigenvalue weighted by atomic mass is 10.3. The van der Waals surface area contributed by atoms with E-state index in [-0.39, 0.29) is 5.91 Å². The van der Waals surface area contributed by atoms with Crippen LogP contribution in [0.2, 0.25) is 0 Å². The minimum atomic E-state index is -0.686. The SMILES string of the molecule is CCCCNC(=O)[C@@H](C)OC(C)=O. The van der Waals surface area contributed by atoms with Gasteiger partial charge in [0, 0.05) is 13.5 Å². The average molecular weight is 187 g/mol. The Morgan fingerprint density at radius 3 is 2.54 bits per heavy atom. The number of hydrogen-bond acceptors (Lipinski definition) is 3.